The van der Waals surface area contributed by atoms with Crippen LogP contribution in [0.3, 0.4) is 0 Å². The molecule has 1 unspecified atom stereocenters. The summed E-state index contributed by atoms with van der Waals surface area (Å²) in [6, 6.07) is 0.539. The molecule has 2 heteroatoms. The third-order valence-electron chi connectivity index (χ3n) is 2.20. The Balaban J connectivity index is 3.71. The smallest absolute Gasteiger partial charge is 0.0477 e. The molecule has 0 aromatic heterocycles. The lowest BCUT2D eigenvalue weighted by Gasteiger charge is -2.18. The van der Waals surface area contributed by atoms with Crippen LogP contribution in [0.2, 0.25) is 0 Å². The van der Waals surface area contributed by atoms with Crippen LogP contribution in [0.4, 0.5) is 0 Å². The van der Waals surface area contributed by atoms with Gasteiger partial charge >= 0.3 is 0 Å². The average molecular weight is 185 g/mol. The van der Waals surface area contributed by atoms with Crippen molar-refractivity contribution in [1.29, 1.82) is 0 Å². The van der Waals surface area contributed by atoms with Crippen molar-refractivity contribution in [3.63, 3.8) is 0 Å². The van der Waals surface area contributed by atoms with Gasteiger partial charge in [0.05, 0.1) is 0 Å². The van der Waals surface area contributed by atoms with Crippen molar-refractivity contribution >= 4 is 0 Å². The Morgan fingerprint density at radius 3 is 2.62 bits per heavy atom. The van der Waals surface area contributed by atoms with Crippen LogP contribution in [0.15, 0.2) is 12.2 Å². The number of nitrogens with one attached hydrogen (secondary N) is 1. The zero-order chi connectivity index (χ0) is 10.1. The summed E-state index contributed by atoms with van der Waals surface area (Å²) in [7, 11) is 1.75. The van der Waals surface area contributed by atoms with Crippen LogP contribution < -0.4 is 5.32 Å². The van der Waals surface area contributed by atoms with E-state index in [1.54, 1.807) is 7.11 Å². The zero-order valence-electron chi connectivity index (χ0n) is 9.23. The van der Waals surface area contributed by atoms with E-state index in [0.717, 1.165) is 32.4 Å². The van der Waals surface area contributed by atoms with Crippen molar-refractivity contribution in [3.8, 4) is 0 Å². The molecule has 0 radical (unpaired) electrons. The molecule has 0 aromatic carbocycles. The topological polar surface area (TPSA) is 21.3 Å². The number of ether oxygens (including phenoxy) is 1. The zero-order valence-corrected chi connectivity index (χ0v) is 9.23. The van der Waals surface area contributed by atoms with Crippen LogP contribution in [0.25, 0.3) is 0 Å². The minimum Gasteiger partial charge on any atom is -0.385 e. The summed E-state index contributed by atoms with van der Waals surface area (Å²) in [5.74, 6) is 0. The summed E-state index contributed by atoms with van der Waals surface area (Å²) in [6.45, 7) is 10.2. The van der Waals surface area contributed by atoms with Crippen LogP contribution in [0, 0.1) is 0 Å². The highest BCUT2D eigenvalue weighted by Crippen LogP contribution is 2.09. The summed E-state index contributed by atoms with van der Waals surface area (Å²) in [6.07, 6.45) is 3.23. The van der Waals surface area contributed by atoms with Gasteiger partial charge in [-0.3, -0.25) is 0 Å². The second kappa shape index (κ2) is 8.27. The monoisotopic (exact) mass is 185 g/mol. The van der Waals surface area contributed by atoms with E-state index in [-0.39, 0.29) is 0 Å². The van der Waals surface area contributed by atoms with Gasteiger partial charge in [0.2, 0.25) is 0 Å². The highest BCUT2D eigenvalue weighted by Gasteiger charge is 2.07. The van der Waals surface area contributed by atoms with Crippen molar-refractivity contribution in [1.82, 2.24) is 5.32 Å². The molecule has 0 spiro atoms. The minimum atomic E-state index is 0.539. The molecular weight excluding hydrogens is 162 g/mol. The molecule has 0 heterocycles. The predicted octanol–water partition coefficient (Wildman–Crippen LogP) is 2.36. The van der Waals surface area contributed by atoms with Gasteiger partial charge in [-0.25, -0.2) is 0 Å². The fourth-order valence-corrected chi connectivity index (χ4v) is 1.32. The Morgan fingerprint density at radius 2 is 2.15 bits per heavy atom. The number of hydrogen-bond donors (Lipinski definition) is 1. The van der Waals surface area contributed by atoms with Crippen LogP contribution in [0.5, 0.6) is 0 Å². The van der Waals surface area contributed by atoms with E-state index in [1.165, 1.54) is 5.57 Å². The molecule has 0 amide bonds. The molecule has 0 saturated heterocycles. The van der Waals surface area contributed by atoms with Crippen molar-refractivity contribution < 1.29 is 4.74 Å². The first-order valence-electron chi connectivity index (χ1n) is 5.13. The van der Waals surface area contributed by atoms with Crippen LogP contribution >= 0.6 is 0 Å². The Hall–Kier alpha value is -0.340. The fraction of sp³-hybridized carbons (Fsp3) is 0.818. The van der Waals surface area contributed by atoms with E-state index >= 15 is 0 Å². The van der Waals surface area contributed by atoms with Gasteiger partial charge in [-0.2, -0.15) is 0 Å². The van der Waals surface area contributed by atoms with Crippen molar-refractivity contribution in [2.75, 3.05) is 20.3 Å². The van der Waals surface area contributed by atoms with Gasteiger partial charge in [0.15, 0.2) is 0 Å². The lowest BCUT2D eigenvalue weighted by atomic mass is 10.0. The predicted molar refractivity (Wildman–Crippen MR) is 58.0 cm³/mol. The second-order valence-corrected chi connectivity index (χ2v) is 3.34. The largest absolute Gasteiger partial charge is 0.385 e. The number of methoxy groups -OCH3 is 1. The third kappa shape index (κ3) is 6.79. The van der Waals surface area contributed by atoms with Crippen LogP contribution in [-0.4, -0.2) is 26.3 Å². The fourth-order valence-electron chi connectivity index (χ4n) is 1.32. The molecule has 0 aliphatic rings. The van der Waals surface area contributed by atoms with E-state index < -0.39 is 0 Å². The highest BCUT2D eigenvalue weighted by molar-refractivity contribution is 4.96. The Labute approximate surface area is 82.4 Å². The molecule has 0 aromatic rings. The first-order chi connectivity index (χ1) is 6.24. The Kier molecular flexibility index (Phi) is 8.05. The molecule has 0 aliphatic heterocycles. The molecule has 0 fully saturated rings. The first kappa shape index (κ1) is 12.7. The Morgan fingerprint density at radius 1 is 1.46 bits per heavy atom. The van der Waals surface area contributed by atoms with Gasteiger partial charge in [0.1, 0.15) is 0 Å². The van der Waals surface area contributed by atoms with E-state index in [9.17, 15) is 0 Å². The van der Waals surface area contributed by atoms with E-state index in [4.69, 9.17) is 4.74 Å². The molecule has 2 nitrogen and oxygen atoms in total. The van der Waals surface area contributed by atoms with E-state index in [2.05, 4.69) is 25.7 Å². The van der Waals surface area contributed by atoms with Gasteiger partial charge in [-0.05, 0) is 25.8 Å². The van der Waals surface area contributed by atoms with Crippen LogP contribution in [-0.2, 0) is 4.74 Å². The summed E-state index contributed by atoms with van der Waals surface area (Å²) in [4.78, 5) is 0. The van der Waals surface area contributed by atoms with Crippen molar-refractivity contribution in [2.45, 2.75) is 39.2 Å². The molecule has 78 valence electrons. The maximum absolute atomic E-state index is 5.06. The average Bonchev–Trinajstić information content (AvgIpc) is 2.14. The normalized spacial score (nSPS) is 12.8. The number of hydrogen-bond acceptors (Lipinski definition) is 2. The summed E-state index contributed by atoms with van der Waals surface area (Å²) < 4.78 is 5.06. The second-order valence-electron chi connectivity index (χ2n) is 3.34. The maximum atomic E-state index is 5.06. The lowest BCUT2D eigenvalue weighted by molar-refractivity contribution is 0.182. The van der Waals surface area contributed by atoms with Gasteiger partial charge in [0, 0.05) is 19.8 Å². The highest BCUT2D eigenvalue weighted by atomic mass is 16.5. The standard InChI is InChI=1S/C11H23NO/c1-5-10(3)9-11(12-6-2)7-8-13-4/h11-12H,3,5-9H2,1-2,4H3. The van der Waals surface area contributed by atoms with Gasteiger partial charge in [-0.1, -0.05) is 26.0 Å². The molecule has 1 atom stereocenters. The van der Waals surface area contributed by atoms with Gasteiger partial charge < -0.3 is 10.1 Å². The first-order valence-corrected chi connectivity index (χ1v) is 5.13. The molecular formula is C11H23NO. The lowest BCUT2D eigenvalue weighted by Crippen LogP contribution is -2.30. The number of rotatable bonds is 8. The molecule has 0 saturated carbocycles. The molecule has 13 heavy (non-hydrogen) atoms. The summed E-state index contributed by atoms with van der Waals surface area (Å²) >= 11 is 0. The van der Waals surface area contributed by atoms with Gasteiger partial charge in [0.25, 0.3) is 0 Å². The molecule has 0 bridgehead atoms. The third-order valence-corrected chi connectivity index (χ3v) is 2.20. The summed E-state index contributed by atoms with van der Waals surface area (Å²) in [5.41, 5.74) is 1.32. The SMILES string of the molecule is C=C(CC)CC(CCOC)NCC. The molecule has 1 N–H and O–H groups in total. The quantitative estimate of drug-likeness (QED) is 0.586. The van der Waals surface area contributed by atoms with E-state index in [0.29, 0.717) is 6.04 Å². The van der Waals surface area contributed by atoms with Gasteiger partial charge in [-0.15, -0.1) is 0 Å². The van der Waals surface area contributed by atoms with E-state index in [1.807, 2.05) is 0 Å². The Bertz CT molecular complexity index is 134. The molecule has 0 aliphatic carbocycles. The maximum Gasteiger partial charge on any atom is 0.0477 e. The molecule has 0 rings (SSSR count). The summed E-state index contributed by atoms with van der Waals surface area (Å²) in [5, 5.41) is 3.44. The van der Waals surface area contributed by atoms with Crippen molar-refractivity contribution in [2.24, 2.45) is 0 Å². The minimum absolute atomic E-state index is 0.539. The van der Waals surface area contributed by atoms with Crippen LogP contribution in [0.1, 0.15) is 33.1 Å². The van der Waals surface area contributed by atoms with Crippen molar-refractivity contribution in [3.05, 3.63) is 12.2 Å².